The van der Waals surface area contributed by atoms with Crippen LogP contribution in [-0.2, 0) is 14.3 Å². The van der Waals surface area contributed by atoms with Gasteiger partial charge in [0, 0.05) is 45.4 Å². The molecular weight excluding hydrogens is 284 g/mol. The molecule has 1 saturated carbocycles. The molecule has 2 aliphatic rings. The largest absolute Gasteiger partial charge is 0.383 e. The first kappa shape index (κ1) is 17.2. The van der Waals surface area contributed by atoms with Crippen LogP contribution in [-0.4, -0.2) is 86.7 Å². The fraction of sp³-hybridized carbons (Fsp3) is 0.867. The van der Waals surface area contributed by atoms with Crippen LogP contribution in [0, 0.1) is 0 Å². The third-order valence-corrected chi connectivity index (χ3v) is 3.97. The number of ether oxygens (including phenoxy) is 1. The molecular formula is C15H28N4O3. The molecule has 2 fully saturated rings. The van der Waals surface area contributed by atoms with Gasteiger partial charge in [0.2, 0.25) is 11.8 Å². The summed E-state index contributed by atoms with van der Waals surface area (Å²) in [4.78, 5) is 27.9. The van der Waals surface area contributed by atoms with E-state index in [1.807, 2.05) is 6.92 Å². The van der Waals surface area contributed by atoms with Crippen molar-refractivity contribution in [3.8, 4) is 0 Å². The van der Waals surface area contributed by atoms with Crippen LogP contribution in [0.25, 0.3) is 0 Å². The van der Waals surface area contributed by atoms with Crippen molar-refractivity contribution in [2.45, 2.75) is 31.8 Å². The van der Waals surface area contributed by atoms with E-state index in [0.717, 1.165) is 39.0 Å². The van der Waals surface area contributed by atoms with Gasteiger partial charge in [-0.05, 0) is 19.8 Å². The second kappa shape index (κ2) is 8.45. The number of nitrogens with one attached hydrogen (secondary N) is 2. The summed E-state index contributed by atoms with van der Waals surface area (Å²) in [6.45, 7) is 6.65. The molecule has 22 heavy (non-hydrogen) atoms. The summed E-state index contributed by atoms with van der Waals surface area (Å²) in [6.07, 6.45) is 2.24. The number of hydrogen-bond acceptors (Lipinski definition) is 5. The lowest BCUT2D eigenvalue weighted by Crippen LogP contribution is -2.52. The smallest absolute Gasteiger partial charge is 0.234 e. The Kier molecular flexibility index (Phi) is 6.60. The fourth-order valence-electron chi connectivity index (χ4n) is 2.62. The Balaban J connectivity index is 1.59. The molecule has 1 saturated heterocycles. The lowest BCUT2D eigenvalue weighted by molar-refractivity contribution is -0.125. The standard InChI is InChI=1S/C15H28N4O3/c1-12(11-22-2)16-14(20)9-18-5-7-19(8-6-18)10-15(21)17-13-3-4-13/h12-13H,3-11H2,1-2H3,(H,16,20)(H,17,21). The number of carbonyl (C=O) groups excluding carboxylic acids is 2. The summed E-state index contributed by atoms with van der Waals surface area (Å²) < 4.78 is 5.00. The monoisotopic (exact) mass is 312 g/mol. The van der Waals surface area contributed by atoms with Gasteiger partial charge >= 0.3 is 0 Å². The molecule has 0 aromatic carbocycles. The highest BCUT2D eigenvalue weighted by Crippen LogP contribution is 2.18. The van der Waals surface area contributed by atoms with E-state index in [1.54, 1.807) is 7.11 Å². The third-order valence-electron chi connectivity index (χ3n) is 3.97. The van der Waals surface area contributed by atoms with Gasteiger partial charge in [-0.3, -0.25) is 19.4 Å². The van der Waals surface area contributed by atoms with E-state index >= 15 is 0 Å². The van der Waals surface area contributed by atoms with Crippen LogP contribution in [0.3, 0.4) is 0 Å². The minimum atomic E-state index is 0.0319. The first-order chi connectivity index (χ1) is 10.6. The second-order valence-electron chi connectivity index (χ2n) is 6.32. The van der Waals surface area contributed by atoms with Crippen LogP contribution >= 0.6 is 0 Å². The zero-order chi connectivity index (χ0) is 15.9. The lowest BCUT2D eigenvalue weighted by atomic mass is 10.3. The number of piperazine rings is 1. The van der Waals surface area contributed by atoms with Crippen LogP contribution < -0.4 is 10.6 Å². The van der Waals surface area contributed by atoms with Gasteiger partial charge in [0.25, 0.3) is 0 Å². The molecule has 0 aromatic heterocycles. The van der Waals surface area contributed by atoms with E-state index in [4.69, 9.17) is 4.74 Å². The second-order valence-corrected chi connectivity index (χ2v) is 6.32. The highest BCUT2D eigenvalue weighted by molar-refractivity contribution is 5.79. The first-order valence-corrected chi connectivity index (χ1v) is 8.09. The molecule has 1 heterocycles. The molecule has 126 valence electrons. The van der Waals surface area contributed by atoms with Crippen molar-refractivity contribution in [3.05, 3.63) is 0 Å². The Bertz CT molecular complexity index is 379. The summed E-state index contributed by atoms with van der Waals surface area (Å²) in [7, 11) is 1.63. The average Bonchev–Trinajstić information content (AvgIpc) is 3.25. The molecule has 2 rings (SSSR count). The summed E-state index contributed by atoms with van der Waals surface area (Å²) in [5.41, 5.74) is 0. The van der Waals surface area contributed by atoms with Crippen molar-refractivity contribution in [3.63, 3.8) is 0 Å². The third kappa shape index (κ3) is 6.29. The van der Waals surface area contributed by atoms with Gasteiger partial charge in [0.05, 0.1) is 19.7 Å². The minimum Gasteiger partial charge on any atom is -0.383 e. The Morgan fingerprint density at radius 3 is 2.14 bits per heavy atom. The molecule has 1 aliphatic heterocycles. The van der Waals surface area contributed by atoms with E-state index < -0.39 is 0 Å². The van der Waals surface area contributed by atoms with E-state index in [1.165, 1.54) is 0 Å². The zero-order valence-electron chi connectivity index (χ0n) is 13.6. The highest BCUT2D eigenvalue weighted by atomic mass is 16.5. The molecule has 1 aliphatic carbocycles. The predicted octanol–water partition coefficient (Wildman–Crippen LogP) is -0.966. The van der Waals surface area contributed by atoms with Gasteiger partial charge in [-0.25, -0.2) is 0 Å². The molecule has 0 bridgehead atoms. The maximum Gasteiger partial charge on any atom is 0.234 e. The van der Waals surface area contributed by atoms with Crippen LogP contribution in [0.15, 0.2) is 0 Å². The molecule has 7 nitrogen and oxygen atoms in total. The van der Waals surface area contributed by atoms with Crippen molar-refractivity contribution in [2.75, 3.05) is 53.0 Å². The zero-order valence-corrected chi connectivity index (χ0v) is 13.6. The normalized spacial score (nSPS) is 21.4. The van der Waals surface area contributed by atoms with Gasteiger partial charge in [-0.15, -0.1) is 0 Å². The number of nitrogens with zero attached hydrogens (tertiary/aromatic N) is 2. The van der Waals surface area contributed by atoms with Crippen molar-refractivity contribution in [1.82, 2.24) is 20.4 Å². The molecule has 2 N–H and O–H groups in total. The average molecular weight is 312 g/mol. The molecule has 0 spiro atoms. The highest BCUT2D eigenvalue weighted by Gasteiger charge is 2.25. The Morgan fingerprint density at radius 1 is 1.09 bits per heavy atom. The van der Waals surface area contributed by atoms with E-state index in [9.17, 15) is 9.59 Å². The van der Waals surface area contributed by atoms with Crippen LogP contribution in [0.2, 0.25) is 0 Å². The van der Waals surface area contributed by atoms with Crippen molar-refractivity contribution in [2.24, 2.45) is 0 Å². The lowest BCUT2D eigenvalue weighted by Gasteiger charge is -2.34. The number of hydrogen-bond donors (Lipinski definition) is 2. The molecule has 7 heteroatoms. The van der Waals surface area contributed by atoms with E-state index in [0.29, 0.717) is 25.7 Å². The molecule has 0 aromatic rings. The molecule has 1 atom stereocenters. The van der Waals surface area contributed by atoms with Crippen LogP contribution in [0.1, 0.15) is 19.8 Å². The Hall–Kier alpha value is -1.18. The quantitative estimate of drug-likeness (QED) is 0.603. The topological polar surface area (TPSA) is 73.9 Å². The van der Waals surface area contributed by atoms with E-state index in [2.05, 4.69) is 20.4 Å². The van der Waals surface area contributed by atoms with Crippen LogP contribution in [0.5, 0.6) is 0 Å². The Labute approximate surface area is 132 Å². The van der Waals surface area contributed by atoms with Crippen molar-refractivity contribution in [1.29, 1.82) is 0 Å². The number of amides is 2. The summed E-state index contributed by atoms with van der Waals surface area (Å²) in [5, 5.41) is 5.92. The number of methoxy groups -OCH3 is 1. The van der Waals surface area contributed by atoms with Gasteiger partial charge in [-0.1, -0.05) is 0 Å². The molecule has 0 radical (unpaired) electrons. The first-order valence-electron chi connectivity index (χ1n) is 8.09. The predicted molar refractivity (Wildman–Crippen MR) is 83.5 cm³/mol. The number of carbonyl (C=O) groups is 2. The number of rotatable bonds is 8. The maximum atomic E-state index is 11.9. The van der Waals surface area contributed by atoms with Crippen molar-refractivity contribution < 1.29 is 14.3 Å². The minimum absolute atomic E-state index is 0.0319. The van der Waals surface area contributed by atoms with Gasteiger partial charge in [0.15, 0.2) is 0 Å². The van der Waals surface area contributed by atoms with Gasteiger partial charge in [0.1, 0.15) is 0 Å². The Morgan fingerprint density at radius 2 is 1.64 bits per heavy atom. The summed E-state index contributed by atoms with van der Waals surface area (Å²) >= 11 is 0. The summed E-state index contributed by atoms with van der Waals surface area (Å²) in [5.74, 6) is 0.159. The van der Waals surface area contributed by atoms with E-state index in [-0.39, 0.29) is 17.9 Å². The van der Waals surface area contributed by atoms with Crippen LogP contribution in [0.4, 0.5) is 0 Å². The van der Waals surface area contributed by atoms with Crippen molar-refractivity contribution >= 4 is 11.8 Å². The fourth-order valence-corrected chi connectivity index (χ4v) is 2.62. The van der Waals surface area contributed by atoms with Gasteiger partial charge in [-0.2, -0.15) is 0 Å². The molecule has 2 amide bonds. The molecule has 1 unspecified atom stereocenters. The SMILES string of the molecule is COCC(C)NC(=O)CN1CCN(CC(=O)NC2CC2)CC1. The van der Waals surface area contributed by atoms with Gasteiger partial charge < -0.3 is 15.4 Å². The maximum absolute atomic E-state index is 11.9. The summed E-state index contributed by atoms with van der Waals surface area (Å²) in [6, 6.07) is 0.455.